The maximum Gasteiger partial charge on any atom is 0.378 e. The lowest BCUT2D eigenvalue weighted by Gasteiger charge is -2.26. The highest BCUT2D eigenvalue weighted by molar-refractivity contribution is 14.2. The van der Waals surface area contributed by atoms with E-state index in [1.807, 2.05) is 33.4 Å². The lowest BCUT2D eigenvalue weighted by atomic mass is 9.99. The van der Waals surface area contributed by atoms with Gasteiger partial charge in [0, 0.05) is 37.1 Å². The maximum atomic E-state index is 11.3. The van der Waals surface area contributed by atoms with Crippen molar-refractivity contribution in [1.82, 2.24) is 5.32 Å². The molecule has 1 amide bonds. The minimum atomic E-state index is -0.353. The molecule has 0 spiro atoms. The van der Waals surface area contributed by atoms with Gasteiger partial charge in [0.05, 0.1) is 6.04 Å². The number of amides is 1. The third-order valence-corrected chi connectivity index (χ3v) is 3.84. The van der Waals surface area contributed by atoms with Gasteiger partial charge in [-0.2, -0.15) is 0 Å². The predicted molar refractivity (Wildman–Crippen MR) is 77.1 cm³/mol. The van der Waals surface area contributed by atoms with Crippen molar-refractivity contribution in [3.05, 3.63) is 12.2 Å². The van der Waals surface area contributed by atoms with Gasteiger partial charge >= 0.3 is 5.30 Å². The van der Waals surface area contributed by atoms with Crippen molar-refractivity contribution in [2.75, 3.05) is 0 Å². The minimum Gasteiger partial charge on any atom is -0.447 e. The normalized spacial score (nSPS) is 26.5. The van der Waals surface area contributed by atoms with E-state index in [4.69, 9.17) is 4.74 Å². The van der Waals surface area contributed by atoms with E-state index in [-0.39, 0.29) is 23.4 Å². The van der Waals surface area contributed by atoms with Gasteiger partial charge in [-0.05, 0) is 25.3 Å². The van der Waals surface area contributed by atoms with Crippen LogP contribution in [0.1, 0.15) is 32.6 Å². The van der Waals surface area contributed by atoms with Gasteiger partial charge in [-0.1, -0.05) is 12.5 Å². The van der Waals surface area contributed by atoms with E-state index in [2.05, 4.69) is 5.32 Å². The topological polar surface area (TPSA) is 55.4 Å². The SMILES string of the molecule is CC(=O)NC1CCCC/C=C/C1OC(=O)SI. The van der Waals surface area contributed by atoms with Crippen LogP contribution in [0.15, 0.2) is 12.2 Å². The van der Waals surface area contributed by atoms with Crippen molar-refractivity contribution in [3.8, 4) is 0 Å². The summed E-state index contributed by atoms with van der Waals surface area (Å²) in [7, 11) is 1.01. The molecule has 1 aliphatic rings. The smallest absolute Gasteiger partial charge is 0.378 e. The average Bonchev–Trinajstić information content (AvgIpc) is 2.26. The first kappa shape index (κ1) is 14.8. The zero-order valence-electron chi connectivity index (χ0n) is 9.65. The highest BCUT2D eigenvalue weighted by Gasteiger charge is 2.24. The number of ether oxygens (including phenoxy) is 1. The lowest BCUT2D eigenvalue weighted by molar-refractivity contribution is -0.120. The second-order valence-corrected chi connectivity index (χ2v) is 5.74. The van der Waals surface area contributed by atoms with Crippen LogP contribution in [0, 0.1) is 0 Å². The molecule has 0 saturated carbocycles. The van der Waals surface area contributed by atoms with Gasteiger partial charge in [0.25, 0.3) is 0 Å². The molecule has 0 saturated heterocycles. The van der Waals surface area contributed by atoms with E-state index in [0.29, 0.717) is 0 Å². The van der Waals surface area contributed by atoms with Gasteiger partial charge in [0.1, 0.15) is 6.10 Å². The molecular weight excluding hydrogens is 353 g/mol. The van der Waals surface area contributed by atoms with Gasteiger partial charge in [0.15, 0.2) is 0 Å². The lowest BCUT2D eigenvalue weighted by Crippen LogP contribution is -2.43. The second-order valence-electron chi connectivity index (χ2n) is 3.93. The molecule has 6 heteroatoms. The van der Waals surface area contributed by atoms with Crippen molar-refractivity contribution in [2.45, 2.75) is 44.8 Å². The Kier molecular flexibility index (Phi) is 6.94. The predicted octanol–water partition coefficient (Wildman–Crippen LogP) is 3.21. The van der Waals surface area contributed by atoms with E-state index < -0.39 is 0 Å². The number of halogens is 1. The number of carbonyl (C=O) groups excluding carboxylic acids is 2. The molecule has 0 fully saturated rings. The van der Waals surface area contributed by atoms with Crippen LogP contribution in [-0.2, 0) is 9.53 Å². The van der Waals surface area contributed by atoms with Crippen molar-refractivity contribution >= 4 is 41.3 Å². The molecule has 1 aliphatic carbocycles. The third-order valence-electron chi connectivity index (χ3n) is 2.54. The monoisotopic (exact) mass is 369 g/mol. The molecule has 0 radical (unpaired) electrons. The minimum absolute atomic E-state index is 0.0906. The molecule has 0 bridgehead atoms. The third kappa shape index (κ3) is 5.76. The molecule has 17 heavy (non-hydrogen) atoms. The van der Waals surface area contributed by atoms with Gasteiger partial charge in [-0.15, -0.1) is 0 Å². The Morgan fingerprint density at radius 3 is 2.88 bits per heavy atom. The number of hydrogen-bond donors (Lipinski definition) is 1. The first-order valence-corrected chi connectivity index (χ1v) is 8.92. The first-order chi connectivity index (χ1) is 8.13. The number of carbonyl (C=O) groups is 2. The van der Waals surface area contributed by atoms with Crippen molar-refractivity contribution in [1.29, 1.82) is 0 Å². The largest absolute Gasteiger partial charge is 0.447 e. The van der Waals surface area contributed by atoms with Gasteiger partial charge in [-0.25, -0.2) is 4.79 Å². The Bertz CT molecular complexity index is 309. The Hall–Kier alpha value is -0.240. The molecule has 0 aromatic carbocycles. The summed E-state index contributed by atoms with van der Waals surface area (Å²) in [6, 6.07) is -0.114. The van der Waals surface area contributed by atoms with E-state index in [1.165, 1.54) is 6.92 Å². The van der Waals surface area contributed by atoms with E-state index in [1.54, 1.807) is 0 Å². The fourth-order valence-electron chi connectivity index (χ4n) is 1.82. The zero-order valence-corrected chi connectivity index (χ0v) is 12.6. The molecule has 0 aromatic rings. The van der Waals surface area contributed by atoms with Crippen LogP contribution in [-0.4, -0.2) is 23.4 Å². The van der Waals surface area contributed by atoms with Gasteiger partial charge < -0.3 is 10.1 Å². The Balaban J connectivity index is 2.69. The fraction of sp³-hybridized carbons (Fsp3) is 0.636. The van der Waals surface area contributed by atoms with Crippen LogP contribution < -0.4 is 5.32 Å². The average molecular weight is 369 g/mol. The van der Waals surface area contributed by atoms with E-state index >= 15 is 0 Å². The Labute approximate surface area is 118 Å². The summed E-state index contributed by atoms with van der Waals surface area (Å²) >= 11 is 1.89. The van der Waals surface area contributed by atoms with Crippen molar-refractivity contribution < 1.29 is 14.3 Å². The number of nitrogens with one attached hydrogen (secondary N) is 1. The number of rotatable bonds is 2. The van der Waals surface area contributed by atoms with Crippen LogP contribution >= 0.6 is 30.1 Å². The Morgan fingerprint density at radius 2 is 2.24 bits per heavy atom. The molecule has 0 heterocycles. The van der Waals surface area contributed by atoms with Crippen LogP contribution in [0.25, 0.3) is 0 Å². The van der Waals surface area contributed by atoms with E-state index in [9.17, 15) is 9.59 Å². The molecule has 1 N–H and O–H groups in total. The van der Waals surface area contributed by atoms with E-state index in [0.717, 1.165) is 34.6 Å². The zero-order chi connectivity index (χ0) is 12.7. The molecule has 2 atom stereocenters. The Morgan fingerprint density at radius 1 is 1.47 bits per heavy atom. The summed E-state index contributed by atoms with van der Waals surface area (Å²) in [4.78, 5) is 22.4. The molecular formula is C11H16INO3S. The molecule has 0 aromatic heterocycles. The van der Waals surface area contributed by atoms with Crippen LogP contribution in [0.3, 0.4) is 0 Å². The number of allylic oxidation sites excluding steroid dienone is 1. The molecule has 4 nitrogen and oxygen atoms in total. The van der Waals surface area contributed by atoms with Crippen LogP contribution in [0.5, 0.6) is 0 Å². The molecule has 1 rings (SSSR count). The standard InChI is InChI=1S/C11H16INO3S/c1-8(14)13-9-6-4-2-3-5-7-10(9)16-11(15)17-12/h5,7,9-10H,2-4,6H2,1H3,(H,13,14)/b7-5+. The molecule has 96 valence electrons. The van der Waals surface area contributed by atoms with Gasteiger partial charge in [0.2, 0.25) is 5.91 Å². The summed E-state index contributed by atoms with van der Waals surface area (Å²) in [5.74, 6) is -0.0906. The summed E-state index contributed by atoms with van der Waals surface area (Å²) in [5, 5.41) is 2.53. The van der Waals surface area contributed by atoms with Gasteiger partial charge in [-0.3, -0.25) is 4.79 Å². The van der Waals surface area contributed by atoms with Crippen LogP contribution in [0.4, 0.5) is 4.79 Å². The summed E-state index contributed by atoms with van der Waals surface area (Å²) < 4.78 is 5.30. The molecule has 0 aliphatic heterocycles. The summed E-state index contributed by atoms with van der Waals surface area (Å²) in [6.45, 7) is 1.48. The summed E-state index contributed by atoms with van der Waals surface area (Å²) in [6.07, 6.45) is 7.52. The number of hydrogen-bond acceptors (Lipinski definition) is 4. The van der Waals surface area contributed by atoms with Crippen molar-refractivity contribution in [2.24, 2.45) is 0 Å². The van der Waals surface area contributed by atoms with Crippen LogP contribution in [0.2, 0.25) is 0 Å². The van der Waals surface area contributed by atoms with Crippen molar-refractivity contribution in [3.63, 3.8) is 0 Å². The maximum absolute atomic E-state index is 11.3. The highest BCUT2D eigenvalue weighted by Crippen LogP contribution is 2.20. The first-order valence-electron chi connectivity index (χ1n) is 5.56. The quantitative estimate of drug-likeness (QED) is 0.461. The fourth-order valence-corrected chi connectivity index (χ4v) is 2.28. The second kappa shape index (κ2) is 7.97. The highest BCUT2D eigenvalue weighted by atomic mass is 127. The molecule has 2 unspecified atom stereocenters. The summed E-state index contributed by atoms with van der Waals surface area (Å²) in [5.41, 5.74) is 0.